The molecule has 0 radical (unpaired) electrons. The summed E-state index contributed by atoms with van der Waals surface area (Å²) in [5.74, 6) is -0.140. The number of nitrogens with zero attached hydrogens (tertiary/aromatic N) is 1. The number of carbonyl (C=O) groups excluding carboxylic acids is 1. The van der Waals surface area contributed by atoms with Gasteiger partial charge in [-0.3, -0.25) is 4.98 Å². The molecule has 0 atom stereocenters. The van der Waals surface area contributed by atoms with Gasteiger partial charge in [-0.2, -0.15) is 0 Å². The average Bonchev–Trinajstić information content (AvgIpc) is 2.46. The van der Waals surface area contributed by atoms with Crippen molar-refractivity contribution in [2.24, 2.45) is 0 Å². The van der Waals surface area contributed by atoms with Gasteiger partial charge in [0, 0.05) is 5.56 Å². The van der Waals surface area contributed by atoms with Crippen LogP contribution < -0.4 is 0 Å². The molecule has 0 saturated carbocycles. The van der Waals surface area contributed by atoms with E-state index in [4.69, 9.17) is 4.74 Å². The first-order valence-electron chi connectivity index (χ1n) is 7.28. The van der Waals surface area contributed by atoms with Crippen molar-refractivity contribution in [3.05, 3.63) is 53.2 Å². The monoisotopic (exact) mass is 283 g/mol. The summed E-state index contributed by atoms with van der Waals surface area (Å²) < 4.78 is 5.10. The highest BCUT2D eigenvalue weighted by Gasteiger charge is 2.17. The number of esters is 1. The normalized spacial score (nSPS) is 10.7. The predicted molar refractivity (Wildman–Crippen MR) is 84.5 cm³/mol. The Bertz CT molecular complexity index is 647. The van der Waals surface area contributed by atoms with E-state index in [2.05, 4.69) is 24.0 Å². The standard InChI is InChI=1S/C18H21NO2/c1-5-21-18(20)15-9-10-16(19-17(15)12(2)3)14-8-6-7-13(4)11-14/h6-12H,5H2,1-4H3. The molecule has 2 aromatic rings. The van der Waals surface area contributed by atoms with Crippen LogP contribution in [-0.2, 0) is 4.74 Å². The number of rotatable bonds is 4. The fourth-order valence-electron chi connectivity index (χ4n) is 2.26. The van der Waals surface area contributed by atoms with Crippen LogP contribution in [0.3, 0.4) is 0 Å². The molecule has 1 aromatic carbocycles. The molecule has 0 spiro atoms. The maximum atomic E-state index is 12.0. The molecule has 110 valence electrons. The maximum absolute atomic E-state index is 12.0. The molecule has 0 amide bonds. The summed E-state index contributed by atoms with van der Waals surface area (Å²) in [5, 5.41) is 0. The van der Waals surface area contributed by atoms with Crippen molar-refractivity contribution in [2.75, 3.05) is 6.61 Å². The zero-order valence-electron chi connectivity index (χ0n) is 13.0. The number of hydrogen-bond acceptors (Lipinski definition) is 3. The van der Waals surface area contributed by atoms with Crippen LogP contribution in [0.5, 0.6) is 0 Å². The van der Waals surface area contributed by atoms with Crippen LogP contribution in [0.25, 0.3) is 11.3 Å². The second kappa shape index (κ2) is 6.53. The number of pyridine rings is 1. The van der Waals surface area contributed by atoms with Gasteiger partial charge in [0.05, 0.1) is 23.6 Å². The van der Waals surface area contributed by atoms with Crippen molar-refractivity contribution >= 4 is 5.97 Å². The maximum Gasteiger partial charge on any atom is 0.339 e. The molecule has 2 rings (SSSR count). The highest BCUT2D eigenvalue weighted by molar-refractivity contribution is 5.91. The molecule has 1 heterocycles. The Balaban J connectivity index is 2.48. The molecular weight excluding hydrogens is 262 g/mol. The molecule has 0 aliphatic heterocycles. The van der Waals surface area contributed by atoms with E-state index >= 15 is 0 Å². The molecular formula is C18H21NO2. The van der Waals surface area contributed by atoms with Gasteiger partial charge in [-0.05, 0) is 38.0 Å². The van der Waals surface area contributed by atoms with Gasteiger partial charge < -0.3 is 4.74 Å². The third-order valence-corrected chi connectivity index (χ3v) is 3.28. The van der Waals surface area contributed by atoms with Crippen LogP contribution in [0.1, 0.15) is 48.3 Å². The highest BCUT2D eigenvalue weighted by Crippen LogP contribution is 2.24. The molecule has 0 N–H and O–H groups in total. The number of aromatic nitrogens is 1. The average molecular weight is 283 g/mol. The summed E-state index contributed by atoms with van der Waals surface area (Å²) >= 11 is 0. The Hall–Kier alpha value is -2.16. The molecule has 0 bridgehead atoms. The Morgan fingerprint density at radius 1 is 1.24 bits per heavy atom. The highest BCUT2D eigenvalue weighted by atomic mass is 16.5. The summed E-state index contributed by atoms with van der Waals surface area (Å²) in [4.78, 5) is 16.7. The van der Waals surface area contributed by atoms with Gasteiger partial charge in [-0.25, -0.2) is 4.79 Å². The topological polar surface area (TPSA) is 39.2 Å². The van der Waals surface area contributed by atoms with Gasteiger partial charge in [0.2, 0.25) is 0 Å². The lowest BCUT2D eigenvalue weighted by Crippen LogP contribution is -2.11. The Morgan fingerprint density at radius 2 is 2.00 bits per heavy atom. The van der Waals surface area contributed by atoms with E-state index in [0.29, 0.717) is 12.2 Å². The summed E-state index contributed by atoms with van der Waals surface area (Å²) in [6.45, 7) is 8.30. The second-order valence-electron chi connectivity index (χ2n) is 5.37. The van der Waals surface area contributed by atoms with Crippen molar-refractivity contribution in [3.8, 4) is 11.3 Å². The van der Waals surface area contributed by atoms with Crippen LogP contribution >= 0.6 is 0 Å². The SMILES string of the molecule is CCOC(=O)c1ccc(-c2cccc(C)c2)nc1C(C)C. The summed E-state index contributed by atoms with van der Waals surface area (Å²) in [7, 11) is 0. The lowest BCUT2D eigenvalue weighted by Gasteiger charge is -2.13. The Labute approximate surface area is 126 Å². The third-order valence-electron chi connectivity index (χ3n) is 3.28. The lowest BCUT2D eigenvalue weighted by molar-refractivity contribution is 0.0524. The van der Waals surface area contributed by atoms with Crippen LogP contribution in [0.2, 0.25) is 0 Å². The fraction of sp³-hybridized carbons (Fsp3) is 0.333. The zero-order valence-corrected chi connectivity index (χ0v) is 13.0. The molecule has 1 aromatic heterocycles. The van der Waals surface area contributed by atoms with Crippen molar-refractivity contribution in [2.45, 2.75) is 33.6 Å². The minimum absolute atomic E-state index is 0.161. The number of aryl methyl sites for hydroxylation is 1. The summed E-state index contributed by atoms with van der Waals surface area (Å²) in [6.07, 6.45) is 0. The van der Waals surface area contributed by atoms with Crippen molar-refractivity contribution < 1.29 is 9.53 Å². The molecule has 0 aliphatic rings. The van der Waals surface area contributed by atoms with E-state index in [0.717, 1.165) is 17.0 Å². The van der Waals surface area contributed by atoms with Crippen LogP contribution in [0.4, 0.5) is 0 Å². The summed E-state index contributed by atoms with van der Waals surface area (Å²) in [5.41, 5.74) is 4.48. The smallest absolute Gasteiger partial charge is 0.339 e. The molecule has 0 aliphatic carbocycles. The lowest BCUT2D eigenvalue weighted by atomic mass is 10.0. The van der Waals surface area contributed by atoms with Gasteiger partial charge in [0.15, 0.2) is 0 Å². The van der Waals surface area contributed by atoms with Gasteiger partial charge in [-0.1, -0.05) is 37.6 Å². The second-order valence-corrected chi connectivity index (χ2v) is 5.37. The van der Waals surface area contributed by atoms with Crippen molar-refractivity contribution in [1.29, 1.82) is 0 Å². The first-order valence-corrected chi connectivity index (χ1v) is 7.28. The van der Waals surface area contributed by atoms with E-state index in [1.807, 2.05) is 45.0 Å². The molecule has 21 heavy (non-hydrogen) atoms. The Morgan fingerprint density at radius 3 is 2.62 bits per heavy atom. The molecule has 0 unspecified atom stereocenters. The fourth-order valence-corrected chi connectivity index (χ4v) is 2.26. The van der Waals surface area contributed by atoms with Crippen molar-refractivity contribution in [1.82, 2.24) is 4.98 Å². The van der Waals surface area contributed by atoms with Crippen LogP contribution in [0, 0.1) is 6.92 Å². The van der Waals surface area contributed by atoms with Gasteiger partial charge in [0.1, 0.15) is 0 Å². The first-order chi connectivity index (χ1) is 10.0. The molecule has 3 heteroatoms. The number of hydrogen-bond donors (Lipinski definition) is 0. The van der Waals surface area contributed by atoms with E-state index in [1.165, 1.54) is 5.56 Å². The molecule has 0 saturated heterocycles. The van der Waals surface area contributed by atoms with Crippen LogP contribution in [-0.4, -0.2) is 17.6 Å². The van der Waals surface area contributed by atoms with E-state index in [9.17, 15) is 4.79 Å². The summed E-state index contributed by atoms with van der Waals surface area (Å²) in [6, 6.07) is 11.9. The number of benzene rings is 1. The largest absolute Gasteiger partial charge is 0.462 e. The quantitative estimate of drug-likeness (QED) is 0.783. The minimum atomic E-state index is -0.301. The molecule has 3 nitrogen and oxygen atoms in total. The van der Waals surface area contributed by atoms with Gasteiger partial charge in [-0.15, -0.1) is 0 Å². The Kier molecular flexibility index (Phi) is 4.73. The van der Waals surface area contributed by atoms with E-state index in [-0.39, 0.29) is 11.9 Å². The van der Waals surface area contributed by atoms with Gasteiger partial charge in [0.25, 0.3) is 0 Å². The predicted octanol–water partition coefficient (Wildman–Crippen LogP) is 4.36. The van der Waals surface area contributed by atoms with E-state index in [1.54, 1.807) is 0 Å². The minimum Gasteiger partial charge on any atom is -0.462 e. The van der Waals surface area contributed by atoms with Crippen molar-refractivity contribution in [3.63, 3.8) is 0 Å². The van der Waals surface area contributed by atoms with E-state index < -0.39 is 0 Å². The zero-order chi connectivity index (χ0) is 15.4. The number of carbonyl (C=O) groups is 1. The first kappa shape index (κ1) is 15.2. The third kappa shape index (κ3) is 3.48. The molecule has 0 fully saturated rings. The number of ether oxygens (including phenoxy) is 1. The van der Waals surface area contributed by atoms with Gasteiger partial charge >= 0.3 is 5.97 Å². The van der Waals surface area contributed by atoms with Crippen LogP contribution in [0.15, 0.2) is 36.4 Å².